The van der Waals surface area contributed by atoms with Gasteiger partial charge in [-0.3, -0.25) is 9.69 Å². The Morgan fingerprint density at radius 1 is 1.15 bits per heavy atom. The number of benzene rings is 1. The Balaban J connectivity index is 2.18. The summed E-state index contributed by atoms with van der Waals surface area (Å²) in [4.78, 5) is 23.3. The summed E-state index contributed by atoms with van der Waals surface area (Å²) in [6.07, 6.45) is 2.64. The van der Waals surface area contributed by atoms with Gasteiger partial charge in [0.1, 0.15) is 11.6 Å². The molecular formula is C16H19N3O. The first-order valence-electron chi connectivity index (χ1n) is 7.24. The lowest BCUT2D eigenvalue weighted by Gasteiger charge is -2.27. The number of carbonyl (C=O) groups is 1. The van der Waals surface area contributed by atoms with Crippen molar-refractivity contribution in [1.82, 2.24) is 9.97 Å². The Labute approximate surface area is 118 Å². The third-order valence-corrected chi connectivity index (χ3v) is 3.70. The molecule has 104 valence electrons. The summed E-state index contributed by atoms with van der Waals surface area (Å²) in [5.41, 5.74) is 0.916. The molecule has 4 heteroatoms. The zero-order chi connectivity index (χ0) is 14.1. The Morgan fingerprint density at radius 2 is 1.95 bits per heavy atom. The predicted molar refractivity (Wildman–Crippen MR) is 79.8 cm³/mol. The lowest BCUT2D eigenvalue weighted by Crippen LogP contribution is -2.36. The number of piperidine rings is 1. The van der Waals surface area contributed by atoms with E-state index < -0.39 is 0 Å². The topological polar surface area (TPSA) is 46.1 Å². The number of carbonyl (C=O) groups excluding carboxylic acids is 1. The monoisotopic (exact) mass is 269 g/mol. The maximum absolute atomic E-state index is 12.2. The minimum atomic E-state index is 0.176. The first-order valence-corrected chi connectivity index (χ1v) is 7.24. The summed E-state index contributed by atoms with van der Waals surface area (Å²) in [7, 11) is 0. The van der Waals surface area contributed by atoms with Gasteiger partial charge in [-0.1, -0.05) is 26.0 Å². The standard InChI is InChI=1S/C16H19N3O/c1-11(2)15-17-13-8-4-3-7-12(13)16(18-15)19-10-6-5-9-14(19)20/h3-4,7-8,11H,5-6,9-10H2,1-2H3. The van der Waals surface area contributed by atoms with Crippen LogP contribution in [-0.4, -0.2) is 22.4 Å². The molecule has 3 rings (SSSR count). The lowest BCUT2D eigenvalue weighted by molar-refractivity contribution is -0.119. The first-order chi connectivity index (χ1) is 9.66. The van der Waals surface area contributed by atoms with E-state index in [1.807, 2.05) is 29.2 Å². The molecule has 1 aromatic heterocycles. The molecule has 20 heavy (non-hydrogen) atoms. The van der Waals surface area contributed by atoms with Gasteiger partial charge in [0.15, 0.2) is 0 Å². The van der Waals surface area contributed by atoms with Crippen LogP contribution in [0.4, 0.5) is 5.82 Å². The highest BCUT2D eigenvalue weighted by molar-refractivity contribution is 6.01. The molecule has 1 aromatic carbocycles. The van der Waals surface area contributed by atoms with E-state index in [0.29, 0.717) is 6.42 Å². The van der Waals surface area contributed by atoms with Gasteiger partial charge in [-0.15, -0.1) is 0 Å². The van der Waals surface area contributed by atoms with Crippen molar-refractivity contribution in [1.29, 1.82) is 0 Å². The van der Waals surface area contributed by atoms with Crippen LogP contribution in [0.3, 0.4) is 0 Å². The molecule has 0 bridgehead atoms. The molecule has 1 saturated heterocycles. The second kappa shape index (κ2) is 5.19. The fraction of sp³-hybridized carbons (Fsp3) is 0.438. The van der Waals surface area contributed by atoms with Crippen LogP contribution in [0.1, 0.15) is 44.9 Å². The van der Waals surface area contributed by atoms with Crippen LogP contribution in [-0.2, 0) is 4.79 Å². The predicted octanol–water partition coefficient (Wildman–Crippen LogP) is 3.27. The molecule has 1 fully saturated rings. The molecule has 1 aliphatic heterocycles. The summed E-state index contributed by atoms with van der Waals surface area (Å²) >= 11 is 0. The Bertz CT molecular complexity index is 651. The fourth-order valence-electron chi connectivity index (χ4n) is 2.57. The maximum atomic E-state index is 12.2. The van der Waals surface area contributed by atoms with E-state index in [9.17, 15) is 4.79 Å². The third-order valence-electron chi connectivity index (χ3n) is 3.70. The van der Waals surface area contributed by atoms with E-state index in [2.05, 4.69) is 23.8 Å². The highest BCUT2D eigenvalue weighted by Gasteiger charge is 2.23. The van der Waals surface area contributed by atoms with Gasteiger partial charge in [0.05, 0.1) is 5.52 Å². The third kappa shape index (κ3) is 2.26. The van der Waals surface area contributed by atoms with Crippen molar-refractivity contribution < 1.29 is 4.79 Å². The Kier molecular flexibility index (Phi) is 3.38. The minimum absolute atomic E-state index is 0.176. The molecule has 0 saturated carbocycles. The summed E-state index contributed by atoms with van der Waals surface area (Å²) < 4.78 is 0. The molecule has 4 nitrogen and oxygen atoms in total. The number of para-hydroxylation sites is 1. The highest BCUT2D eigenvalue weighted by atomic mass is 16.2. The van der Waals surface area contributed by atoms with Crippen LogP contribution in [0.2, 0.25) is 0 Å². The van der Waals surface area contributed by atoms with Gasteiger partial charge in [-0.25, -0.2) is 9.97 Å². The number of aromatic nitrogens is 2. The summed E-state index contributed by atoms with van der Waals surface area (Å²) in [6, 6.07) is 7.93. The molecule has 0 spiro atoms. The van der Waals surface area contributed by atoms with Gasteiger partial charge in [0.2, 0.25) is 5.91 Å². The number of hydrogen-bond acceptors (Lipinski definition) is 3. The van der Waals surface area contributed by atoms with Crippen molar-refractivity contribution in [3.8, 4) is 0 Å². The lowest BCUT2D eigenvalue weighted by atomic mass is 10.1. The number of rotatable bonds is 2. The maximum Gasteiger partial charge on any atom is 0.228 e. The summed E-state index contributed by atoms with van der Waals surface area (Å²) in [5.74, 6) is 2.01. The van der Waals surface area contributed by atoms with Crippen LogP contribution < -0.4 is 4.90 Å². The SMILES string of the molecule is CC(C)c1nc(N2CCCCC2=O)c2ccccc2n1. The molecule has 0 unspecified atom stereocenters. The molecule has 2 heterocycles. The van der Waals surface area contributed by atoms with Gasteiger partial charge in [-0.05, 0) is 25.0 Å². The van der Waals surface area contributed by atoms with E-state index in [0.717, 1.165) is 41.9 Å². The number of amides is 1. The average Bonchev–Trinajstić information content (AvgIpc) is 2.46. The van der Waals surface area contributed by atoms with Crippen molar-refractivity contribution in [2.24, 2.45) is 0 Å². The van der Waals surface area contributed by atoms with Crippen molar-refractivity contribution in [3.05, 3.63) is 30.1 Å². The second-order valence-corrected chi connectivity index (χ2v) is 5.58. The van der Waals surface area contributed by atoms with Crippen molar-refractivity contribution in [2.75, 3.05) is 11.4 Å². The van der Waals surface area contributed by atoms with Crippen LogP contribution >= 0.6 is 0 Å². The van der Waals surface area contributed by atoms with Crippen molar-refractivity contribution in [2.45, 2.75) is 39.0 Å². The molecule has 1 aliphatic rings. The number of hydrogen-bond donors (Lipinski definition) is 0. The quantitative estimate of drug-likeness (QED) is 0.840. The largest absolute Gasteiger partial charge is 0.296 e. The van der Waals surface area contributed by atoms with Crippen LogP contribution in [0.5, 0.6) is 0 Å². The van der Waals surface area contributed by atoms with Crippen LogP contribution in [0.25, 0.3) is 10.9 Å². The molecule has 1 amide bonds. The van der Waals surface area contributed by atoms with Gasteiger partial charge in [0, 0.05) is 24.3 Å². The zero-order valence-corrected chi connectivity index (χ0v) is 12.0. The molecular weight excluding hydrogens is 250 g/mol. The van der Waals surface area contributed by atoms with Crippen LogP contribution in [0.15, 0.2) is 24.3 Å². The smallest absolute Gasteiger partial charge is 0.228 e. The molecule has 0 N–H and O–H groups in total. The van der Waals surface area contributed by atoms with Gasteiger partial charge >= 0.3 is 0 Å². The van der Waals surface area contributed by atoms with E-state index in [1.54, 1.807) is 0 Å². The van der Waals surface area contributed by atoms with Gasteiger partial charge in [-0.2, -0.15) is 0 Å². The van der Waals surface area contributed by atoms with E-state index in [4.69, 9.17) is 0 Å². The Hall–Kier alpha value is -1.97. The minimum Gasteiger partial charge on any atom is -0.296 e. The molecule has 0 atom stereocenters. The number of anilines is 1. The molecule has 0 radical (unpaired) electrons. The summed E-state index contributed by atoms with van der Waals surface area (Å²) in [5, 5.41) is 0.965. The Morgan fingerprint density at radius 3 is 2.70 bits per heavy atom. The fourth-order valence-corrected chi connectivity index (χ4v) is 2.57. The normalized spacial score (nSPS) is 16.1. The van der Waals surface area contributed by atoms with Gasteiger partial charge in [0.25, 0.3) is 0 Å². The van der Waals surface area contributed by atoms with Crippen molar-refractivity contribution >= 4 is 22.6 Å². The number of fused-ring (bicyclic) bond motifs is 1. The molecule has 2 aromatic rings. The highest BCUT2D eigenvalue weighted by Crippen LogP contribution is 2.28. The van der Waals surface area contributed by atoms with E-state index in [1.165, 1.54) is 0 Å². The van der Waals surface area contributed by atoms with Crippen LogP contribution in [0, 0.1) is 0 Å². The van der Waals surface area contributed by atoms with E-state index >= 15 is 0 Å². The second-order valence-electron chi connectivity index (χ2n) is 5.58. The first kappa shape index (κ1) is 13.0. The van der Waals surface area contributed by atoms with E-state index in [-0.39, 0.29) is 11.8 Å². The average molecular weight is 269 g/mol. The zero-order valence-electron chi connectivity index (χ0n) is 12.0. The molecule has 0 aliphatic carbocycles. The summed E-state index contributed by atoms with van der Waals surface area (Å²) in [6.45, 7) is 4.91. The van der Waals surface area contributed by atoms with Crippen molar-refractivity contribution in [3.63, 3.8) is 0 Å². The van der Waals surface area contributed by atoms with Gasteiger partial charge < -0.3 is 0 Å². The number of nitrogens with zero attached hydrogens (tertiary/aromatic N) is 3.